The monoisotopic (exact) mass is 316 g/mol. The Bertz CT molecular complexity index is 423. The molecular weight excluding hydrogens is 284 g/mol. The number of hydrogen-bond donors (Lipinski definition) is 0. The Morgan fingerprint density at radius 2 is 1.43 bits per heavy atom. The van der Waals surface area contributed by atoms with E-state index in [0.717, 1.165) is 18.3 Å². The Kier molecular flexibility index (Phi) is 6.82. The highest BCUT2D eigenvalue weighted by Crippen LogP contribution is 2.28. The molecule has 2 unspecified atom stereocenters. The van der Waals surface area contributed by atoms with Gasteiger partial charge in [-0.3, -0.25) is 0 Å². The second kappa shape index (κ2) is 9.32. The second-order valence-electron chi connectivity index (χ2n) is 7.37. The lowest BCUT2D eigenvalue weighted by Gasteiger charge is -2.20. The largest absolute Gasteiger partial charge is 0.490 e. The van der Waals surface area contributed by atoms with E-state index in [0.29, 0.717) is 12.2 Å². The fourth-order valence-corrected chi connectivity index (χ4v) is 4.00. The molecule has 1 aromatic rings. The fourth-order valence-electron chi connectivity index (χ4n) is 4.00. The molecule has 0 heterocycles. The third kappa shape index (κ3) is 5.84. The zero-order valence-electron chi connectivity index (χ0n) is 14.4. The molecule has 0 aliphatic heterocycles. The van der Waals surface area contributed by atoms with Gasteiger partial charge in [-0.15, -0.1) is 0 Å². The smallest absolute Gasteiger partial charge is 0.119 e. The van der Waals surface area contributed by atoms with Gasteiger partial charge < -0.3 is 9.47 Å². The summed E-state index contributed by atoms with van der Waals surface area (Å²) >= 11 is 0. The summed E-state index contributed by atoms with van der Waals surface area (Å²) in [5, 5.41) is 0. The lowest BCUT2D eigenvalue weighted by molar-refractivity contribution is 0.0168. The van der Waals surface area contributed by atoms with Crippen LogP contribution >= 0.6 is 0 Å². The molecule has 2 atom stereocenters. The molecule has 2 nitrogen and oxygen atoms in total. The van der Waals surface area contributed by atoms with E-state index in [1.54, 1.807) is 0 Å². The van der Waals surface area contributed by atoms with Gasteiger partial charge in [-0.1, -0.05) is 43.9 Å². The van der Waals surface area contributed by atoms with Crippen molar-refractivity contribution in [2.24, 2.45) is 5.92 Å². The number of ether oxygens (including phenoxy) is 2. The van der Waals surface area contributed by atoms with Crippen molar-refractivity contribution >= 4 is 0 Å². The van der Waals surface area contributed by atoms with Gasteiger partial charge in [0.25, 0.3) is 0 Å². The molecular formula is C21H32O2. The Morgan fingerprint density at radius 1 is 0.696 bits per heavy atom. The summed E-state index contributed by atoms with van der Waals surface area (Å²) < 4.78 is 12.4. The predicted molar refractivity (Wildman–Crippen MR) is 94.9 cm³/mol. The minimum atomic E-state index is 0.389. The van der Waals surface area contributed by atoms with Crippen molar-refractivity contribution in [3.63, 3.8) is 0 Å². The van der Waals surface area contributed by atoms with E-state index in [9.17, 15) is 0 Å². The first-order valence-electron chi connectivity index (χ1n) is 9.73. The summed E-state index contributed by atoms with van der Waals surface area (Å²) in [7, 11) is 0. The van der Waals surface area contributed by atoms with Crippen molar-refractivity contribution in [2.75, 3.05) is 6.61 Å². The van der Waals surface area contributed by atoms with Crippen molar-refractivity contribution in [2.45, 2.75) is 82.8 Å². The van der Waals surface area contributed by atoms with Crippen LogP contribution in [0.3, 0.4) is 0 Å². The van der Waals surface area contributed by atoms with Crippen molar-refractivity contribution in [1.29, 1.82) is 0 Å². The predicted octanol–water partition coefficient (Wildman–Crippen LogP) is 5.75. The van der Waals surface area contributed by atoms with Gasteiger partial charge in [0.05, 0.1) is 12.2 Å². The van der Waals surface area contributed by atoms with Gasteiger partial charge in [0.2, 0.25) is 0 Å². The van der Waals surface area contributed by atoms with Gasteiger partial charge in [0.1, 0.15) is 5.75 Å². The maximum absolute atomic E-state index is 6.27. The molecule has 2 aliphatic carbocycles. The fraction of sp³-hybridized carbons (Fsp3) is 0.714. The zero-order chi connectivity index (χ0) is 15.7. The third-order valence-corrected chi connectivity index (χ3v) is 5.45. The van der Waals surface area contributed by atoms with Crippen LogP contribution in [-0.2, 0) is 4.74 Å². The third-order valence-electron chi connectivity index (χ3n) is 5.45. The summed E-state index contributed by atoms with van der Waals surface area (Å²) in [4.78, 5) is 0. The normalized spacial score (nSPS) is 27.1. The van der Waals surface area contributed by atoms with E-state index in [4.69, 9.17) is 9.47 Å². The van der Waals surface area contributed by atoms with Crippen LogP contribution in [-0.4, -0.2) is 18.8 Å². The number of hydrogen-bond acceptors (Lipinski definition) is 2. The van der Waals surface area contributed by atoms with E-state index in [2.05, 4.69) is 24.3 Å². The maximum Gasteiger partial charge on any atom is 0.119 e. The molecule has 0 spiro atoms. The van der Waals surface area contributed by atoms with E-state index in [-0.39, 0.29) is 0 Å². The van der Waals surface area contributed by atoms with Gasteiger partial charge >= 0.3 is 0 Å². The summed E-state index contributed by atoms with van der Waals surface area (Å²) in [6.45, 7) is 0.975. The van der Waals surface area contributed by atoms with E-state index in [1.807, 2.05) is 6.07 Å². The average molecular weight is 316 g/mol. The molecule has 0 amide bonds. The quantitative estimate of drug-likeness (QED) is 0.644. The van der Waals surface area contributed by atoms with Crippen LogP contribution in [0.2, 0.25) is 0 Å². The zero-order valence-corrected chi connectivity index (χ0v) is 14.4. The molecule has 23 heavy (non-hydrogen) atoms. The molecule has 3 rings (SSSR count). The molecule has 0 bridgehead atoms. The van der Waals surface area contributed by atoms with Gasteiger partial charge in [-0.2, -0.15) is 0 Å². The molecule has 2 heteroatoms. The molecule has 0 N–H and O–H groups in total. The molecule has 0 aromatic heterocycles. The van der Waals surface area contributed by atoms with Crippen LogP contribution in [0.5, 0.6) is 5.75 Å². The van der Waals surface area contributed by atoms with Crippen molar-refractivity contribution in [1.82, 2.24) is 0 Å². The van der Waals surface area contributed by atoms with Crippen LogP contribution in [0, 0.1) is 5.92 Å². The molecule has 0 radical (unpaired) electrons. The Balaban J connectivity index is 1.39. The SMILES string of the molecule is c1ccc(OC2CCCC(COC3CCCCCC3)CC2)cc1. The van der Waals surface area contributed by atoms with Crippen LogP contribution in [0.1, 0.15) is 70.6 Å². The second-order valence-corrected chi connectivity index (χ2v) is 7.37. The van der Waals surface area contributed by atoms with Crippen LogP contribution in [0.4, 0.5) is 0 Å². The van der Waals surface area contributed by atoms with Gasteiger partial charge in [0, 0.05) is 6.61 Å². The topological polar surface area (TPSA) is 18.5 Å². The lowest BCUT2D eigenvalue weighted by atomic mass is 10.0. The molecule has 1 aromatic carbocycles. The van der Waals surface area contributed by atoms with Crippen LogP contribution in [0.15, 0.2) is 30.3 Å². The molecule has 2 saturated carbocycles. The minimum absolute atomic E-state index is 0.389. The summed E-state index contributed by atoms with van der Waals surface area (Å²) in [5.41, 5.74) is 0. The first-order valence-corrected chi connectivity index (χ1v) is 9.73. The standard InChI is InChI=1S/C21H32O2/c1-2-5-11-19(10-4-1)22-17-18-9-8-14-21(16-15-18)23-20-12-6-3-7-13-20/h3,6-7,12-13,18-19,21H,1-2,4-5,8-11,14-17H2. The Hall–Kier alpha value is -1.02. The highest BCUT2D eigenvalue weighted by molar-refractivity contribution is 5.21. The van der Waals surface area contributed by atoms with E-state index >= 15 is 0 Å². The number of benzene rings is 1. The number of rotatable bonds is 5. The van der Waals surface area contributed by atoms with E-state index < -0.39 is 0 Å². The van der Waals surface area contributed by atoms with Gasteiger partial charge in [0.15, 0.2) is 0 Å². The lowest BCUT2D eigenvalue weighted by Crippen LogP contribution is -2.18. The first-order chi connectivity index (χ1) is 11.4. The van der Waals surface area contributed by atoms with Gasteiger partial charge in [-0.25, -0.2) is 0 Å². The van der Waals surface area contributed by atoms with E-state index in [1.165, 1.54) is 70.6 Å². The Labute approximate surface area is 141 Å². The minimum Gasteiger partial charge on any atom is -0.490 e. The van der Waals surface area contributed by atoms with Crippen molar-refractivity contribution in [3.05, 3.63) is 30.3 Å². The van der Waals surface area contributed by atoms with Crippen molar-refractivity contribution in [3.8, 4) is 5.75 Å². The highest BCUT2D eigenvalue weighted by atomic mass is 16.5. The van der Waals surface area contributed by atoms with Crippen molar-refractivity contribution < 1.29 is 9.47 Å². The molecule has 2 fully saturated rings. The number of para-hydroxylation sites is 1. The highest BCUT2D eigenvalue weighted by Gasteiger charge is 2.22. The first kappa shape index (κ1) is 16.8. The average Bonchev–Trinajstić information content (AvgIpc) is 2.97. The van der Waals surface area contributed by atoms with Crippen LogP contribution in [0.25, 0.3) is 0 Å². The Morgan fingerprint density at radius 3 is 2.22 bits per heavy atom. The summed E-state index contributed by atoms with van der Waals surface area (Å²) in [6, 6.07) is 10.3. The molecule has 128 valence electrons. The van der Waals surface area contributed by atoms with Gasteiger partial charge in [-0.05, 0) is 63.0 Å². The summed E-state index contributed by atoms with van der Waals surface area (Å²) in [6.07, 6.45) is 15.2. The summed E-state index contributed by atoms with van der Waals surface area (Å²) in [5.74, 6) is 1.76. The molecule has 2 aliphatic rings. The van der Waals surface area contributed by atoms with Crippen LogP contribution < -0.4 is 4.74 Å². The maximum atomic E-state index is 6.27. The molecule has 0 saturated heterocycles.